The van der Waals surface area contributed by atoms with Crippen LogP contribution in [0, 0.1) is 0 Å². The molecule has 1 aliphatic rings. The molecular formula is C22H34N4O3S. The largest absolute Gasteiger partial charge is 0.338 e. The van der Waals surface area contributed by atoms with Crippen LogP contribution in [-0.2, 0) is 16.0 Å². The molecule has 0 aliphatic carbocycles. The van der Waals surface area contributed by atoms with E-state index in [4.69, 9.17) is 0 Å². The van der Waals surface area contributed by atoms with E-state index in [0.717, 1.165) is 25.1 Å². The number of thioether (sulfide) groups is 1. The molecule has 0 saturated carbocycles. The summed E-state index contributed by atoms with van der Waals surface area (Å²) in [7, 11) is 3.74. The molecule has 0 bridgehead atoms. The fraction of sp³-hybridized carbons (Fsp3) is 0.591. The minimum Gasteiger partial charge on any atom is -0.338 e. The number of likely N-dealkylation sites (N-methyl/N-ethyl adjacent to an activating group) is 2. The fourth-order valence-corrected chi connectivity index (χ4v) is 3.96. The summed E-state index contributed by atoms with van der Waals surface area (Å²) in [6.45, 7) is 7.41. The number of hydrogen-bond acceptors (Lipinski definition) is 5. The zero-order valence-corrected chi connectivity index (χ0v) is 19.4. The number of carbonyl (C=O) groups excluding carboxylic acids is 3. The van der Waals surface area contributed by atoms with Crippen molar-refractivity contribution < 1.29 is 14.4 Å². The second kappa shape index (κ2) is 12.0. The zero-order valence-electron chi connectivity index (χ0n) is 18.5. The van der Waals surface area contributed by atoms with Crippen molar-refractivity contribution in [2.24, 2.45) is 0 Å². The Hall–Kier alpha value is -2.06. The van der Waals surface area contributed by atoms with Crippen LogP contribution in [0.1, 0.15) is 19.4 Å². The Morgan fingerprint density at radius 3 is 2.30 bits per heavy atom. The molecule has 7 nitrogen and oxygen atoms in total. The molecule has 1 aromatic carbocycles. The van der Waals surface area contributed by atoms with Crippen LogP contribution < -0.4 is 0 Å². The molecule has 8 heteroatoms. The molecule has 0 unspecified atom stereocenters. The number of rotatable bonds is 8. The van der Waals surface area contributed by atoms with Gasteiger partial charge in [0, 0.05) is 59.0 Å². The Balaban J connectivity index is 2.00. The van der Waals surface area contributed by atoms with Gasteiger partial charge in [-0.25, -0.2) is 4.79 Å². The molecule has 2 rings (SSSR count). The van der Waals surface area contributed by atoms with Gasteiger partial charge in [-0.1, -0.05) is 42.1 Å². The van der Waals surface area contributed by atoms with Crippen molar-refractivity contribution in [2.75, 3.05) is 59.1 Å². The Morgan fingerprint density at radius 1 is 1.07 bits per heavy atom. The highest BCUT2D eigenvalue weighted by Gasteiger charge is 2.30. The van der Waals surface area contributed by atoms with Crippen molar-refractivity contribution >= 4 is 28.8 Å². The Bertz CT molecular complexity index is 708. The van der Waals surface area contributed by atoms with Gasteiger partial charge in [0.05, 0.1) is 0 Å². The summed E-state index contributed by atoms with van der Waals surface area (Å²) in [4.78, 5) is 44.7. The molecule has 1 heterocycles. The van der Waals surface area contributed by atoms with Crippen LogP contribution >= 0.6 is 11.8 Å². The van der Waals surface area contributed by atoms with E-state index >= 15 is 0 Å². The van der Waals surface area contributed by atoms with E-state index in [2.05, 4.69) is 4.90 Å². The molecule has 1 atom stereocenters. The van der Waals surface area contributed by atoms with Crippen molar-refractivity contribution in [1.82, 2.24) is 19.6 Å². The van der Waals surface area contributed by atoms with Crippen LogP contribution in [0.4, 0.5) is 4.79 Å². The SMILES string of the molecule is CC(=O)SCCN(CCc1ccccc1)C(=O)N(C)[C@@H](C)C(=O)N1CCN(C)CC1. The smallest absolute Gasteiger partial charge is 0.320 e. The Kier molecular flexibility index (Phi) is 9.65. The lowest BCUT2D eigenvalue weighted by Crippen LogP contribution is -2.55. The van der Waals surface area contributed by atoms with Gasteiger partial charge in [-0.15, -0.1) is 0 Å². The fourth-order valence-electron chi connectivity index (χ4n) is 3.36. The van der Waals surface area contributed by atoms with Crippen LogP contribution in [-0.4, -0.2) is 102 Å². The molecular weight excluding hydrogens is 400 g/mol. The van der Waals surface area contributed by atoms with Crippen LogP contribution in [0.15, 0.2) is 30.3 Å². The second-order valence-electron chi connectivity index (χ2n) is 7.76. The van der Waals surface area contributed by atoms with Gasteiger partial charge in [0.1, 0.15) is 6.04 Å². The first-order valence-electron chi connectivity index (χ1n) is 10.5. The number of piperazine rings is 1. The number of nitrogens with zero attached hydrogens (tertiary/aromatic N) is 4. The van der Waals surface area contributed by atoms with Crippen molar-refractivity contribution in [3.63, 3.8) is 0 Å². The maximum Gasteiger partial charge on any atom is 0.320 e. The first-order chi connectivity index (χ1) is 14.3. The molecule has 1 saturated heterocycles. The number of amides is 3. The highest BCUT2D eigenvalue weighted by atomic mass is 32.2. The molecule has 1 fully saturated rings. The maximum absolute atomic E-state index is 13.2. The van der Waals surface area contributed by atoms with E-state index in [-0.39, 0.29) is 17.1 Å². The van der Waals surface area contributed by atoms with Gasteiger partial charge in [-0.05, 0) is 26.0 Å². The molecule has 1 aromatic rings. The summed E-state index contributed by atoms with van der Waals surface area (Å²) in [5.41, 5.74) is 1.15. The van der Waals surface area contributed by atoms with E-state index in [9.17, 15) is 14.4 Å². The normalized spacial score (nSPS) is 15.5. The van der Waals surface area contributed by atoms with Gasteiger partial charge < -0.3 is 19.6 Å². The molecule has 1 aliphatic heterocycles. The number of carbonyl (C=O) groups is 3. The first-order valence-corrected chi connectivity index (χ1v) is 11.4. The number of urea groups is 1. The highest BCUT2D eigenvalue weighted by molar-refractivity contribution is 8.13. The third kappa shape index (κ3) is 7.32. The Morgan fingerprint density at radius 2 is 1.70 bits per heavy atom. The van der Waals surface area contributed by atoms with Crippen LogP contribution in [0.25, 0.3) is 0 Å². The summed E-state index contributed by atoms with van der Waals surface area (Å²) in [5, 5.41) is 0.0393. The van der Waals surface area contributed by atoms with Crippen LogP contribution in [0.5, 0.6) is 0 Å². The quantitative estimate of drug-likeness (QED) is 0.626. The minimum absolute atomic E-state index is 0.0138. The predicted molar refractivity (Wildman–Crippen MR) is 122 cm³/mol. The van der Waals surface area contributed by atoms with Gasteiger partial charge in [0.25, 0.3) is 0 Å². The molecule has 0 N–H and O–H groups in total. The van der Waals surface area contributed by atoms with Gasteiger partial charge >= 0.3 is 6.03 Å². The third-order valence-electron chi connectivity index (χ3n) is 5.51. The third-order valence-corrected chi connectivity index (χ3v) is 6.30. The van der Waals surface area contributed by atoms with Gasteiger partial charge in [0.2, 0.25) is 5.91 Å². The summed E-state index contributed by atoms with van der Waals surface area (Å²) in [6.07, 6.45) is 0.728. The van der Waals surface area contributed by atoms with E-state index in [1.54, 1.807) is 18.9 Å². The first kappa shape index (κ1) is 24.2. The van der Waals surface area contributed by atoms with Crippen molar-refractivity contribution in [3.05, 3.63) is 35.9 Å². The van der Waals surface area contributed by atoms with E-state index in [1.807, 2.05) is 42.3 Å². The standard InChI is InChI=1S/C22H34N4O3S/c1-18(21(28)25-14-12-23(3)13-15-25)24(4)22(29)26(16-17-30-19(2)27)11-10-20-8-6-5-7-9-20/h5-9,18H,10-17H2,1-4H3/t18-/m0/s1. The lowest BCUT2D eigenvalue weighted by Gasteiger charge is -2.37. The second-order valence-corrected chi connectivity index (χ2v) is 9.03. The topological polar surface area (TPSA) is 64.2 Å². The maximum atomic E-state index is 13.2. The lowest BCUT2D eigenvalue weighted by atomic mass is 10.1. The van der Waals surface area contributed by atoms with Crippen molar-refractivity contribution in [2.45, 2.75) is 26.3 Å². The van der Waals surface area contributed by atoms with Gasteiger partial charge in [-0.3, -0.25) is 9.59 Å². The van der Waals surface area contributed by atoms with E-state index < -0.39 is 6.04 Å². The summed E-state index contributed by atoms with van der Waals surface area (Å²) >= 11 is 1.22. The summed E-state index contributed by atoms with van der Waals surface area (Å²) in [6, 6.07) is 9.30. The molecule has 0 spiro atoms. The lowest BCUT2D eigenvalue weighted by molar-refractivity contribution is -0.136. The summed E-state index contributed by atoms with van der Waals surface area (Å²) in [5.74, 6) is 0.532. The molecule has 166 valence electrons. The molecule has 3 amide bonds. The minimum atomic E-state index is -0.527. The average Bonchev–Trinajstić information content (AvgIpc) is 2.75. The zero-order chi connectivity index (χ0) is 22.1. The molecule has 0 radical (unpaired) electrons. The highest BCUT2D eigenvalue weighted by Crippen LogP contribution is 2.11. The van der Waals surface area contributed by atoms with E-state index in [0.29, 0.717) is 31.9 Å². The molecule has 0 aromatic heterocycles. The number of benzene rings is 1. The van der Waals surface area contributed by atoms with Crippen molar-refractivity contribution in [1.29, 1.82) is 0 Å². The van der Waals surface area contributed by atoms with Crippen molar-refractivity contribution in [3.8, 4) is 0 Å². The predicted octanol–water partition coefficient (Wildman–Crippen LogP) is 2.03. The van der Waals surface area contributed by atoms with Gasteiger partial charge in [-0.2, -0.15) is 0 Å². The monoisotopic (exact) mass is 434 g/mol. The van der Waals surface area contributed by atoms with Crippen LogP contribution in [0.2, 0.25) is 0 Å². The average molecular weight is 435 g/mol. The van der Waals surface area contributed by atoms with E-state index in [1.165, 1.54) is 23.6 Å². The Labute approximate surface area is 184 Å². The summed E-state index contributed by atoms with van der Waals surface area (Å²) < 4.78 is 0. The van der Waals surface area contributed by atoms with Gasteiger partial charge in [0.15, 0.2) is 5.12 Å². The molecule has 30 heavy (non-hydrogen) atoms. The van der Waals surface area contributed by atoms with Crippen LogP contribution in [0.3, 0.4) is 0 Å². The number of hydrogen-bond donors (Lipinski definition) is 0.